The predicted octanol–water partition coefficient (Wildman–Crippen LogP) is 4.01. The summed E-state index contributed by atoms with van der Waals surface area (Å²) in [4.78, 5) is 30.2. The Hall–Kier alpha value is -2.76. The quantitative estimate of drug-likeness (QED) is 0.546. The third kappa shape index (κ3) is 4.21. The van der Waals surface area contributed by atoms with E-state index >= 15 is 0 Å². The van der Waals surface area contributed by atoms with E-state index in [1.54, 1.807) is 29.7 Å². The number of aromatic nitrogens is 2. The van der Waals surface area contributed by atoms with Crippen LogP contribution in [-0.2, 0) is 16.1 Å². The van der Waals surface area contributed by atoms with Crippen LogP contribution in [0.15, 0.2) is 29.0 Å². The first-order valence-corrected chi connectivity index (χ1v) is 10.4. The van der Waals surface area contributed by atoms with Crippen LogP contribution in [0.4, 0.5) is 0 Å². The van der Waals surface area contributed by atoms with Crippen LogP contribution in [-0.4, -0.2) is 27.9 Å². The summed E-state index contributed by atoms with van der Waals surface area (Å²) in [5.41, 5.74) is 2.91. The maximum atomic E-state index is 12.5. The minimum atomic E-state index is -1.02. The number of rotatable bonds is 7. The lowest BCUT2D eigenvalue weighted by molar-refractivity contribution is -0.122. The Bertz CT molecular complexity index is 1040. The summed E-state index contributed by atoms with van der Waals surface area (Å²) >= 11 is 2.91. The van der Waals surface area contributed by atoms with Crippen LogP contribution in [0.5, 0.6) is 0 Å². The van der Waals surface area contributed by atoms with Crippen LogP contribution in [0.25, 0.3) is 0 Å². The number of esters is 1. The molecule has 3 aromatic heterocycles. The number of thiazole rings is 1. The number of thiophene rings is 1. The molecule has 0 amide bonds. The molecule has 0 spiro atoms. The van der Waals surface area contributed by atoms with E-state index in [4.69, 9.17) is 4.74 Å². The van der Waals surface area contributed by atoms with Gasteiger partial charge in [-0.05, 0) is 38.3 Å². The van der Waals surface area contributed by atoms with Gasteiger partial charge in [0.2, 0.25) is 0 Å². The van der Waals surface area contributed by atoms with Crippen LogP contribution in [0, 0.1) is 32.1 Å². The van der Waals surface area contributed by atoms with Crippen molar-refractivity contribution in [3.63, 3.8) is 0 Å². The summed E-state index contributed by atoms with van der Waals surface area (Å²) in [5.74, 6) is -2.05. The van der Waals surface area contributed by atoms with Crippen LogP contribution in [0.1, 0.15) is 43.2 Å². The number of ketones is 1. The first-order chi connectivity index (χ1) is 13.4. The summed E-state index contributed by atoms with van der Waals surface area (Å²) in [6, 6.07) is 7.75. The molecule has 0 unspecified atom stereocenters. The zero-order chi connectivity index (χ0) is 20.3. The van der Waals surface area contributed by atoms with E-state index in [1.807, 2.05) is 42.0 Å². The minimum absolute atomic E-state index is 0.426. The molecule has 6 nitrogen and oxygen atoms in total. The van der Waals surface area contributed by atoms with Crippen molar-refractivity contribution in [2.75, 3.05) is 6.61 Å². The Morgan fingerprint density at radius 3 is 2.71 bits per heavy atom. The number of nitriles is 1. The van der Waals surface area contributed by atoms with Crippen molar-refractivity contribution in [3.8, 4) is 6.07 Å². The van der Waals surface area contributed by atoms with Crippen molar-refractivity contribution >= 4 is 34.4 Å². The van der Waals surface area contributed by atoms with E-state index in [0.717, 1.165) is 17.1 Å². The van der Waals surface area contributed by atoms with E-state index in [0.29, 0.717) is 17.1 Å². The van der Waals surface area contributed by atoms with E-state index in [9.17, 15) is 14.9 Å². The fourth-order valence-corrected chi connectivity index (χ4v) is 4.43. The molecule has 0 aliphatic carbocycles. The minimum Gasteiger partial charge on any atom is -0.454 e. The average molecular weight is 414 g/mol. The highest BCUT2D eigenvalue weighted by atomic mass is 32.1. The van der Waals surface area contributed by atoms with Gasteiger partial charge >= 0.3 is 5.97 Å². The summed E-state index contributed by atoms with van der Waals surface area (Å²) < 4.78 is 7.25. The second-order valence-electron chi connectivity index (χ2n) is 6.38. The van der Waals surface area contributed by atoms with Gasteiger partial charge in [-0.25, -0.2) is 9.78 Å². The van der Waals surface area contributed by atoms with Crippen LogP contribution in [0.3, 0.4) is 0 Å². The molecule has 3 aromatic rings. The maximum absolute atomic E-state index is 12.5. The number of nitrogens with zero attached hydrogens (tertiary/aromatic N) is 3. The molecule has 0 aliphatic heterocycles. The molecule has 144 valence electrons. The summed E-state index contributed by atoms with van der Waals surface area (Å²) in [6.07, 6.45) is 0. The monoisotopic (exact) mass is 413 g/mol. The maximum Gasteiger partial charge on any atom is 0.340 e. The molecular formula is C20H19N3O3S2. The Labute approximate surface area is 171 Å². The van der Waals surface area contributed by atoms with Gasteiger partial charge in [0, 0.05) is 27.3 Å². The van der Waals surface area contributed by atoms with Gasteiger partial charge in [0.1, 0.15) is 5.01 Å². The molecule has 3 heterocycles. The van der Waals surface area contributed by atoms with Gasteiger partial charge in [0.15, 0.2) is 18.3 Å². The van der Waals surface area contributed by atoms with Crippen LogP contribution >= 0.6 is 22.7 Å². The smallest absolute Gasteiger partial charge is 0.340 e. The third-order valence-corrected chi connectivity index (χ3v) is 6.26. The van der Waals surface area contributed by atoms with Crippen molar-refractivity contribution in [2.45, 2.75) is 33.2 Å². The van der Waals surface area contributed by atoms with Gasteiger partial charge in [-0.15, -0.1) is 22.7 Å². The topological polar surface area (TPSA) is 85.0 Å². The van der Waals surface area contributed by atoms with Gasteiger partial charge in [-0.2, -0.15) is 5.26 Å². The van der Waals surface area contributed by atoms with Crippen LogP contribution in [0.2, 0.25) is 0 Å². The molecule has 0 fully saturated rings. The Kier molecular flexibility index (Phi) is 6.07. The number of carbonyl (C=O) groups is 2. The van der Waals surface area contributed by atoms with E-state index in [-0.39, 0.29) is 0 Å². The lowest BCUT2D eigenvalue weighted by Gasteiger charge is -2.09. The molecule has 28 heavy (non-hydrogen) atoms. The molecule has 0 N–H and O–H groups in total. The number of carbonyl (C=O) groups excluding carboxylic acids is 2. The van der Waals surface area contributed by atoms with Crippen molar-refractivity contribution in [2.24, 2.45) is 0 Å². The van der Waals surface area contributed by atoms with Gasteiger partial charge in [0.05, 0.1) is 18.2 Å². The van der Waals surface area contributed by atoms with E-state index in [1.165, 1.54) is 16.2 Å². The molecular weight excluding hydrogens is 394 g/mol. The summed E-state index contributed by atoms with van der Waals surface area (Å²) in [6.45, 7) is 5.81. The predicted molar refractivity (Wildman–Crippen MR) is 108 cm³/mol. The highest BCUT2D eigenvalue weighted by Gasteiger charge is 2.25. The number of ether oxygens (including phenoxy) is 1. The summed E-state index contributed by atoms with van der Waals surface area (Å²) in [7, 11) is 0. The molecule has 0 aromatic carbocycles. The second-order valence-corrected chi connectivity index (χ2v) is 8.30. The molecule has 0 radical (unpaired) electrons. The normalized spacial score (nSPS) is 11.8. The zero-order valence-corrected chi connectivity index (χ0v) is 17.4. The Balaban J connectivity index is 1.68. The van der Waals surface area contributed by atoms with Crippen molar-refractivity contribution in [1.82, 2.24) is 9.55 Å². The Morgan fingerprint density at radius 1 is 1.32 bits per heavy atom. The van der Waals surface area contributed by atoms with Gasteiger partial charge in [-0.3, -0.25) is 4.79 Å². The fourth-order valence-electron chi connectivity index (χ4n) is 2.88. The molecule has 0 bridgehead atoms. The third-order valence-electron chi connectivity index (χ3n) is 4.37. The molecule has 3 rings (SSSR count). The first kappa shape index (κ1) is 20.0. The zero-order valence-electron chi connectivity index (χ0n) is 15.8. The highest BCUT2D eigenvalue weighted by Crippen LogP contribution is 2.22. The first-order valence-electron chi connectivity index (χ1n) is 8.61. The summed E-state index contributed by atoms with van der Waals surface area (Å²) in [5, 5.41) is 13.5. The Morgan fingerprint density at radius 2 is 2.11 bits per heavy atom. The number of hydrogen-bond acceptors (Lipinski definition) is 7. The van der Waals surface area contributed by atoms with Crippen molar-refractivity contribution in [3.05, 3.63) is 61.5 Å². The van der Waals surface area contributed by atoms with Crippen molar-refractivity contribution < 1.29 is 14.3 Å². The average Bonchev–Trinajstić information content (AvgIpc) is 3.39. The molecule has 1 atom stereocenters. The van der Waals surface area contributed by atoms with Gasteiger partial charge in [-0.1, -0.05) is 6.07 Å². The fraction of sp³-hybridized carbons (Fsp3) is 0.300. The number of aryl methyl sites for hydroxylation is 2. The number of hydrogen-bond donors (Lipinski definition) is 0. The standard InChI is InChI=1S/C20H19N3O3S2/c1-12-11-28-19(22-12)17(8-21)18(24)10-26-20(25)16-7-13(2)23(14(16)3)9-15-5-4-6-27-15/h4-7,11,17H,9-10H2,1-3H3/t17-/m1/s1. The lowest BCUT2D eigenvalue weighted by Crippen LogP contribution is -2.20. The molecule has 0 saturated heterocycles. The molecule has 0 aliphatic rings. The largest absolute Gasteiger partial charge is 0.454 e. The van der Waals surface area contributed by atoms with Crippen molar-refractivity contribution in [1.29, 1.82) is 5.26 Å². The SMILES string of the molecule is Cc1csc([C@H](C#N)C(=O)COC(=O)c2cc(C)n(Cc3cccs3)c2C)n1. The van der Waals surface area contributed by atoms with E-state index < -0.39 is 24.3 Å². The lowest BCUT2D eigenvalue weighted by atomic mass is 10.1. The van der Waals surface area contributed by atoms with E-state index in [2.05, 4.69) is 4.98 Å². The van der Waals surface area contributed by atoms with Gasteiger partial charge in [0.25, 0.3) is 0 Å². The van der Waals surface area contributed by atoms with Gasteiger partial charge < -0.3 is 9.30 Å². The second kappa shape index (κ2) is 8.50. The van der Waals surface area contributed by atoms with Crippen LogP contribution < -0.4 is 0 Å². The highest BCUT2D eigenvalue weighted by molar-refractivity contribution is 7.10. The molecule has 8 heteroatoms. The number of Topliss-reactive ketones (excluding diaryl/α,β-unsaturated/α-hetero) is 1. The molecule has 0 saturated carbocycles.